The molecule has 9 heteroatoms. The lowest BCUT2D eigenvalue weighted by Gasteiger charge is -2.15. The van der Waals surface area contributed by atoms with Crippen molar-refractivity contribution in [3.63, 3.8) is 0 Å². The zero-order valence-electron chi connectivity index (χ0n) is 14.2. The molecule has 0 aromatic heterocycles. The molecule has 8 nitrogen and oxygen atoms in total. The van der Waals surface area contributed by atoms with Gasteiger partial charge < -0.3 is 19.5 Å². The molecule has 0 fully saturated rings. The molecule has 2 aromatic carbocycles. The molecule has 0 saturated carbocycles. The molecule has 2 aromatic rings. The van der Waals surface area contributed by atoms with Gasteiger partial charge in [-0.3, -0.25) is 4.79 Å². The third kappa shape index (κ3) is 3.89. The minimum absolute atomic E-state index is 0.0426. The second kappa shape index (κ2) is 7.22. The van der Waals surface area contributed by atoms with E-state index in [9.17, 15) is 13.2 Å². The third-order valence-corrected chi connectivity index (χ3v) is 5.29. The van der Waals surface area contributed by atoms with Crippen molar-refractivity contribution in [1.82, 2.24) is 4.72 Å². The molecular formula is C17H18N2O6S. The van der Waals surface area contributed by atoms with E-state index in [1.165, 1.54) is 38.3 Å². The van der Waals surface area contributed by atoms with E-state index in [0.717, 1.165) is 0 Å². The first-order valence-electron chi connectivity index (χ1n) is 7.76. The van der Waals surface area contributed by atoms with Gasteiger partial charge in [-0.1, -0.05) is 0 Å². The predicted molar refractivity (Wildman–Crippen MR) is 94.0 cm³/mol. The number of carbonyl (C=O) groups excluding carboxylic acids is 1. The van der Waals surface area contributed by atoms with Crippen LogP contribution in [-0.4, -0.2) is 34.3 Å². The van der Waals surface area contributed by atoms with Crippen LogP contribution in [0.25, 0.3) is 0 Å². The number of hydrogen-bond donors (Lipinski definition) is 2. The Morgan fingerprint density at radius 3 is 2.50 bits per heavy atom. The maximum Gasteiger partial charge on any atom is 0.242 e. The summed E-state index contributed by atoms with van der Waals surface area (Å²) >= 11 is 0. The normalized spacial score (nSPS) is 13.9. The Hall–Kier alpha value is -2.78. The van der Waals surface area contributed by atoms with Crippen molar-refractivity contribution in [3.8, 4) is 17.2 Å². The van der Waals surface area contributed by atoms with E-state index >= 15 is 0 Å². The van der Waals surface area contributed by atoms with E-state index in [2.05, 4.69) is 10.0 Å². The first-order valence-corrected chi connectivity index (χ1v) is 9.24. The number of ether oxygens (including phenoxy) is 3. The maximum absolute atomic E-state index is 12.4. The molecule has 2 N–H and O–H groups in total. The van der Waals surface area contributed by atoms with Gasteiger partial charge in [0.15, 0.2) is 11.5 Å². The predicted octanol–water partition coefficient (Wildman–Crippen LogP) is 1.73. The number of fused-ring (bicyclic) bond motifs is 1. The summed E-state index contributed by atoms with van der Waals surface area (Å²) in [6.07, 6.45) is 0. The van der Waals surface area contributed by atoms with E-state index in [-0.39, 0.29) is 11.7 Å². The summed E-state index contributed by atoms with van der Waals surface area (Å²) in [5, 5.41) is 2.64. The summed E-state index contributed by atoms with van der Waals surface area (Å²) in [7, 11) is -2.35. The van der Waals surface area contributed by atoms with Gasteiger partial charge in [0.25, 0.3) is 0 Å². The van der Waals surface area contributed by atoms with Gasteiger partial charge >= 0.3 is 0 Å². The molecule has 1 heterocycles. The van der Waals surface area contributed by atoms with Crippen LogP contribution in [0.3, 0.4) is 0 Å². The Bertz CT molecular complexity index is 911. The van der Waals surface area contributed by atoms with Crippen LogP contribution >= 0.6 is 0 Å². The average molecular weight is 378 g/mol. The number of nitrogens with one attached hydrogen (secondary N) is 2. The van der Waals surface area contributed by atoms with Crippen LogP contribution in [0, 0.1) is 0 Å². The van der Waals surface area contributed by atoms with Crippen LogP contribution in [0.5, 0.6) is 17.2 Å². The van der Waals surface area contributed by atoms with E-state index in [1.54, 1.807) is 18.2 Å². The number of sulfonamides is 1. The molecule has 0 unspecified atom stereocenters. The van der Waals surface area contributed by atoms with Crippen molar-refractivity contribution >= 4 is 21.6 Å². The molecule has 1 aliphatic heterocycles. The quantitative estimate of drug-likeness (QED) is 0.794. The number of rotatable bonds is 6. The molecule has 138 valence electrons. The Morgan fingerprint density at radius 2 is 1.81 bits per heavy atom. The molecule has 1 amide bonds. The highest BCUT2D eigenvalue weighted by atomic mass is 32.2. The lowest BCUT2D eigenvalue weighted by Crippen LogP contribution is -2.41. The topological polar surface area (TPSA) is 103 Å². The number of carbonyl (C=O) groups is 1. The maximum atomic E-state index is 12.4. The summed E-state index contributed by atoms with van der Waals surface area (Å²) in [6, 6.07) is 9.84. The fourth-order valence-corrected chi connectivity index (χ4v) is 3.54. The van der Waals surface area contributed by atoms with Gasteiger partial charge in [0, 0.05) is 11.8 Å². The molecule has 1 aliphatic rings. The Balaban J connectivity index is 1.66. The summed E-state index contributed by atoms with van der Waals surface area (Å²) in [5.41, 5.74) is 0.481. The number of anilines is 1. The lowest BCUT2D eigenvalue weighted by atomic mass is 10.2. The molecule has 0 saturated heterocycles. The smallest absolute Gasteiger partial charge is 0.242 e. The molecule has 1 atom stereocenters. The van der Waals surface area contributed by atoms with Crippen molar-refractivity contribution in [3.05, 3.63) is 42.5 Å². The largest absolute Gasteiger partial charge is 0.497 e. The first-order chi connectivity index (χ1) is 12.4. The van der Waals surface area contributed by atoms with Crippen LogP contribution in [0.4, 0.5) is 5.69 Å². The van der Waals surface area contributed by atoms with Crippen molar-refractivity contribution in [1.29, 1.82) is 0 Å². The van der Waals surface area contributed by atoms with Crippen LogP contribution in [0.2, 0.25) is 0 Å². The molecule has 0 bridgehead atoms. The lowest BCUT2D eigenvalue weighted by molar-refractivity contribution is -0.117. The molecular weight excluding hydrogens is 360 g/mol. The monoisotopic (exact) mass is 378 g/mol. The van der Waals surface area contributed by atoms with Crippen molar-refractivity contribution < 1.29 is 27.4 Å². The van der Waals surface area contributed by atoms with Gasteiger partial charge in [-0.15, -0.1) is 0 Å². The standard InChI is InChI=1S/C17H18N2O6S/c1-11(19-26(21,22)14-6-4-13(23-2)5-7-14)17(20)18-12-3-8-15-16(9-12)25-10-24-15/h3-9,11,19H,10H2,1-2H3,(H,18,20)/t11-/m1/s1. The molecule has 0 spiro atoms. The van der Waals surface area contributed by atoms with E-state index in [4.69, 9.17) is 14.2 Å². The molecule has 0 radical (unpaired) electrons. The van der Waals surface area contributed by atoms with Gasteiger partial charge in [0.05, 0.1) is 18.0 Å². The van der Waals surface area contributed by atoms with Gasteiger partial charge in [0.1, 0.15) is 5.75 Å². The van der Waals surface area contributed by atoms with Crippen LogP contribution in [0.1, 0.15) is 6.92 Å². The second-order valence-corrected chi connectivity index (χ2v) is 7.29. The highest BCUT2D eigenvalue weighted by Gasteiger charge is 2.23. The number of benzene rings is 2. The van der Waals surface area contributed by atoms with Gasteiger partial charge in [-0.25, -0.2) is 8.42 Å². The summed E-state index contributed by atoms with van der Waals surface area (Å²) in [6.45, 7) is 1.59. The van der Waals surface area contributed by atoms with Crippen LogP contribution in [0.15, 0.2) is 47.4 Å². The summed E-state index contributed by atoms with van der Waals surface area (Å²) in [4.78, 5) is 12.3. The Kier molecular flexibility index (Phi) is 5.01. The third-order valence-electron chi connectivity index (χ3n) is 3.74. The fraction of sp³-hybridized carbons (Fsp3) is 0.235. The van der Waals surface area contributed by atoms with Crippen molar-refractivity contribution in [2.24, 2.45) is 0 Å². The zero-order valence-corrected chi connectivity index (χ0v) is 15.0. The summed E-state index contributed by atoms with van der Waals surface area (Å²) < 4.78 is 42.6. The SMILES string of the molecule is COc1ccc(S(=O)(=O)N[C@H](C)C(=O)Nc2ccc3c(c2)OCO3)cc1. The highest BCUT2D eigenvalue weighted by Crippen LogP contribution is 2.34. The van der Waals surface area contributed by atoms with Crippen molar-refractivity contribution in [2.75, 3.05) is 19.2 Å². The van der Waals surface area contributed by atoms with E-state index in [1.807, 2.05) is 0 Å². The van der Waals surface area contributed by atoms with Gasteiger partial charge in [-0.2, -0.15) is 4.72 Å². The van der Waals surface area contributed by atoms with E-state index < -0.39 is 22.0 Å². The number of amides is 1. The van der Waals surface area contributed by atoms with Crippen LogP contribution < -0.4 is 24.2 Å². The highest BCUT2D eigenvalue weighted by molar-refractivity contribution is 7.89. The Morgan fingerprint density at radius 1 is 1.12 bits per heavy atom. The number of hydrogen-bond acceptors (Lipinski definition) is 6. The fourth-order valence-electron chi connectivity index (χ4n) is 2.33. The van der Waals surface area contributed by atoms with Crippen molar-refractivity contribution in [2.45, 2.75) is 17.9 Å². The van der Waals surface area contributed by atoms with Crippen LogP contribution in [-0.2, 0) is 14.8 Å². The van der Waals surface area contributed by atoms with Gasteiger partial charge in [0.2, 0.25) is 22.7 Å². The minimum Gasteiger partial charge on any atom is -0.497 e. The second-order valence-electron chi connectivity index (χ2n) is 5.58. The number of methoxy groups -OCH3 is 1. The Labute approximate surface area is 151 Å². The summed E-state index contributed by atoms with van der Waals surface area (Å²) in [5.74, 6) is 1.16. The van der Waals surface area contributed by atoms with Gasteiger partial charge in [-0.05, 0) is 43.3 Å². The van der Waals surface area contributed by atoms with E-state index in [0.29, 0.717) is 22.9 Å². The first kappa shape index (κ1) is 18.0. The minimum atomic E-state index is -3.84. The average Bonchev–Trinajstić information content (AvgIpc) is 3.09. The zero-order chi connectivity index (χ0) is 18.7. The molecule has 26 heavy (non-hydrogen) atoms. The molecule has 3 rings (SSSR count). The molecule has 0 aliphatic carbocycles.